The van der Waals surface area contributed by atoms with Crippen LogP contribution in [-0.2, 0) is 29.4 Å². The van der Waals surface area contributed by atoms with Crippen molar-refractivity contribution in [1.29, 1.82) is 0 Å². The Hall–Kier alpha value is -1.62. The minimum Gasteiger partial charge on any atom is -0.361 e. The molecule has 8 nitrogen and oxygen atoms in total. The first-order chi connectivity index (χ1) is 13.4. The van der Waals surface area contributed by atoms with Crippen molar-refractivity contribution in [3.8, 4) is 0 Å². The highest BCUT2D eigenvalue weighted by Gasteiger charge is 2.16. The van der Waals surface area contributed by atoms with Gasteiger partial charge in [-0.15, -0.1) is 11.3 Å². The largest absolute Gasteiger partial charge is 0.361 e. The Balaban J connectivity index is 1.92. The van der Waals surface area contributed by atoms with Gasteiger partial charge in [0.1, 0.15) is 9.97 Å². The molecule has 156 valence electrons. The van der Waals surface area contributed by atoms with Crippen LogP contribution in [0.5, 0.6) is 0 Å². The molecular formula is C17H26ClN5O3S2. The molecule has 0 aliphatic rings. The molecule has 2 aromatic heterocycles. The minimum atomic E-state index is -3.55. The third-order valence-corrected chi connectivity index (χ3v) is 7.05. The Kier molecular flexibility index (Phi) is 8.74. The molecule has 0 bridgehead atoms. The molecule has 28 heavy (non-hydrogen) atoms. The number of nitrogens with one attached hydrogen (secondary N) is 3. The average Bonchev–Trinajstić information content (AvgIpc) is 3.29. The normalized spacial score (nSPS) is 12.4. The van der Waals surface area contributed by atoms with Crippen molar-refractivity contribution >= 4 is 38.9 Å². The SMILES string of the molecule is CCNC(=NCc1c(CC)noc1CC)NCCNS(=O)(=O)c1ccc(Cl)s1. The molecule has 2 aromatic rings. The van der Waals surface area contributed by atoms with Gasteiger partial charge >= 0.3 is 0 Å². The number of guanidine groups is 1. The van der Waals surface area contributed by atoms with E-state index < -0.39 is 10.0 Å². The second-order valence-corrected chi connectivity index (χ2v) is 9.53. The van der Waals surface area contributed by atoms with Crippen LogP contribution >= 0.6 is 22.9 Å². The number of rotatable bonds is 10. The summed E-state index contributed by atoms with van der Waals surface area (Å²) >= 11 is 6.83. The van der Waals surface area contributed by atoms with Gasteiger partial charge < -0.3 is 15.2 Å². The van der Waals surface area contributed by atoms with Crippen LogP contribution in [0.15, 0.2) is 25.9 Å². The first-order valence-corrected chi connectivity index (χ1v) is 11.8. The average molecular weight is 448 g/mol. The maximum Gasteiger partial charge on any atom is 0.250 e. The quantitative estimate of drug-likeness (QED) is 0.293. The number of halogens is 1. The Morgan fingerprint density at radius 2 is 2.00 bits per heavy atom. The van der Waals surface area contributed by atoms with E-state index in [1.807, 2.05) is 20.8 Å². The van der Waals surface area contributed by atoms with E-state index in [2.05, 4.69) is 25.5 Å². The number of hydrogen-bond donors (Lipinski definition) is 3. The number of nitrogens with zero attached hydrogens (tertiary/aromatic N) is 2. The zero-order chi connectivity index (χ0) is 20.6. The molecule has 11 heteroatoms. The van der Waals surface area contributed by atoms with Crippen LogP contribution in [0.1, 0.15) is 37.8 Å². The standard InChI is InChI=1S/C17H26ClN5O3S2/c1-4-13-12(14(5-2)26-23-13)11-21-17(19-6-3)20-9-10-22-28(24,25)16-8-7-15(18)27-16/h7-8,22H,4-6,9-11H2,1-3H3,(H2,19,20,21). The van der Waals surface area contributed by atoms with Gasteiger partial charge in [-0.25, -0.2) is 18.1 Å². The Labute approximate surface area is 174 Å². The predicted molar refractivity (Wildman–Crippen MR) is 113 cm³/mol. The van der Waals surface area contributed by atoms with Gasteiger partial charge in [-0.3, -0.25) is 0 Å². The summed E-state index contributed by atoms with van der Waals surface area (Å²) in [5.41, 5.74) is 1.93. The van der Waals surface area contributed by atoms with E-state index in [1.54, 1.807) is 6.07 Å². The molecule has 3 N–H and O–H groups in total. The Morgan fingerprint density at radius 1 is 1.21 bits per heavy atom. The van der Waals surface area contributed by atoms with Gasteiger partial charge in [0.2, 0.25) is 10.0 Å². The van der Waals surface area contributed by atoms with Crippen LogP contribution in [0.4, 0.5) is 0 Å². The zero-order valence-corrected chi connectivity index (χ0v) is 18.6. The molecule has 0 aromatic carbocycles. The molecule has 0 spiro atoms. The van der Waals surface area contributed by atoms with Crippen LogP contribution < -0.4 is 15.4 Å². The summed E-state index contributed by atoms with van der Waals surface area (Å²) in [4.78, 5) is 4.57. The summed E-state index contributed by atoms with van der Waals surface area (Å²) in [5, 5.41) is 10.4. The van der Waals surface area contributed by atoms with Crippen molar-refractivity contribution < 1.29 is 12.9 Å². The maximum atomic E-state index is 12.2. The van der Waals surface area contributed by atoms with Gasteiger partial charge in [0.25, 0.3) is 0 Å². The monoisotopic (exact) mass is 447 g/mol. The van der Waals surface area contributed by atoms with Crippen LogP contribution in [0.2, 0.25) is 4.34 Å². The molecule has 2 heterocycles. The second kappa shape index (κ2) is 10.8. The molecule has 0 aliphatic heterocycles. The Bertz CT molecular complexity index is 871. The molecular weight excluding hydrogens is 422 g/mol. The van der Waals surface area contributed by atoms with Crippen molar-refractivity contribution in [1.82, 2.24) is 20.5 Å². The van der Waals surface area contributed by atoms with Crippen molar-refractivity contribution in [3.63, 3.8) is 0 Å². The third-order valence-electron chi connectivity index (χ3n) is 3.87. The highest BCUT2D eigenvalue weighted by Crippen LogP contribution is 2.25. The summed E-state index contributed by atoms with van der Waals surface area (Å²) in [6.07, 6.45) is 1.54. The molecule has 0 saturated carbocycles. The van der Waals surface area contributed by atoms with Gasteiger partial charge in [-0.2, -0.15) is 0 Å². The van der Waals surface area contributed by atoms with Gasteiger partial charge in [0, 0.05) is 31.6 Å². The molecule has 0 radical (unpaired) electrons. The van der Waals surface area contributed by atoms with E-state index in [0.29, 0.717) is 29.9 Å². The first kappa shape index (κ1) is 22.7. The van der Waals surface area contributed by atoms with E-state index in [9.17, 15) is 8.42 Å². The van der Waals surface area contributed by atoms with Crippen LogP contribution in [0, 0.1) is 0 Å². The molecule has 0 unspecified atom stereocenters. The fourth-order valence-electron chi connectivity index (χ4n) is 2.50. The molecule has 0 saturated heterocycles. The second-order valence-electron chi connectivity index (χ2n) is 5.82. The minimum absolute atomic E-state index is 0.199. The van der Waals surface area contributed by atoms with Crippen LogP contribution in [-0.4, -0.2) is 39.2 Å². The van der Waals surface area contributed by atoms with E-state index >= 15 is 0 Å². The lowest BCUT2D eigenvalue weighted by molar-refractivity contribution is 0.380. The summed E-state index contributed by atoms with van der Waals surface area (Å²) in [5.74, 6) is 1.45. The lowest BCUT2D eigenvalue weighted by Gasteiger charge is -2.12. The van der Waals surface area contributed by atoms with Crippen molar-refractivity contribution in [2.24, 2.45) is 4.99 Å². The highest BCUT2D eigenvalue weighted by molar-refractivity contribution is 7.91. The Morgan fingerprint density at radius 3 is 2.61 bits per heavy atom. The lowest BCUT2D eigenvalue weighted by Crippen LogP contribution is -2.41. The molecule has 2 rings (SSSR count). The predicted octanol–water partition coefficient (Wildman–Crippen LogP) is 2.55. The summed E-state index contributed by atoms with van der Waals surface area (Å²) in [6.45, 7) is 7.75. The fraction of sp³-hybridized carbons (Fsp3) is 0.529. The van der Waals surface area contributed by atoms with E-state index in [4.69, 9.17) is 16.1 Å². The van der Waals surface area contributed by atoms with Crippen LogP contribution in [0.3, 0.4) is 0 Å². The number of aromatic nitrogens is 1. The summed E-state index contributed by atoms with van der Waals surface area (Å²) in [6, 6.07) is 3.05. The van der Waals surface area contributed by atoms with Crippen molar-refractivity contribution in [2.75, 3.05) is 19.6 Å². The topological polar surface area (TPSA) is 109 Å². The summed E-state index contributed by atoms with van der Waals surface area (Å²) in [7, 11) is -3.55. The third kappa shape index (κ3) is 6.20. The lowest BCUT2D eigenvalue weighted by atomic mass is 10.1. The molecule has 0 amide bonds. The number of hydrogen-bond acceptors (Lipinski definition) is 6. The molecule has 0 aliphatic carbocycles. The number of sulfonamides is 1. The fourth-order valence-corrected chi connectivity index (χ4v) is 5.06. The van der Waals surface area contributed by atoms with Gasteiger partial charge in [-0.05, 0) is 25.5 Å². The maximum absolute atomic E-state index is 12.2. The van der Waals surface area contributed by atoms with Gasteiger partial charge in [-0.1, -0.05) is 30.6 Å². The highest BCUT2D eigenvalue weighted by atomic mass is 35.5. The van der Waals surface area contributed by atoms with E-state index in [0.717, 1.165) is 41.2 Å². The zero-order valence-electron chi connectivity index (χ0n) is 16.2. The van der Waals surface area contributed by atoms with Crippen molar-refractivity contribution in [3.05, 3.63) is 33.5 Å². The summed E-state index contributed by atoms with van der Waals surface area (Å²) < 4.78 is 32.9. The van der Waals surface area contributed by atoms with E-state index in [-0.39, 0.29) is 10.8 Å². The van der Waals surface area contributed by atoms with Crippen LogP contribution in [0.25, 0.3) is 0 Å². The molecule has 0 fully saturated rings. The van der Waals surface area contributed by atoms with Gasteiger partial charge in [0.15, 0.2) is 5.96 Å². The number of aliphatic imine (C=N–C) groups is 1. The number of thiophene rings is 1. The van der Waals surface area contributed by atoms with Crippen molar-refractivity contribution in [2.45, 2.75) is 44.4 Å². The first-order valence-electron chi connectivity index (χ1n) is 9.14. The van der Waals surface area contributed by atoms with Gasteiger partial charge in [0.05, 0.1) is 16.6 Å². The van der Waals surface area contributed by atoms with E-state index in [1.165, 1.54) is 6.07 Å². The number of aryl methyl sites for hydroxylation is 2. The smallest absolute Gasteiger partial charge is 0.250 e. The molecule has 0 atom stereocenters.